The predicted molar refractivity (Wildman–Crippen MR) is 151 cm³/mol. The third kappa shape index (κ3) is 12.1. The first-order chi connectivity index (χ1) is 19.4. The van der Waals surface area contributed by atoms with Gasteiger partial charge in [0.15, 0.2) is 0 Å². The smallest absolute Gasteiger partial charge is 0.248 e. The molecule has 12 nitrogen and oxygen atoms in total. The molecule has 0 aliphatic rings. The van der Waals surface area contributed by atoms with Crippen molar-refractivity contribution in [3.05, 3.63) is 60.2 Å². The number of pyridine rings is 2. The molecule has 0 aromatic carbocycles. The largest absolute Gasteiger partial charge is 0.481 e. The number of rotatable bonds is 19. The van der Waals surface area contributed by atoms with E-state index in [1.807, 2.05) is 18.2 Å². The first kappa shape index (κ1) is 32.1. The molecular weight excluding hydrogens is 516 g/mol. The number of ether oxygens (including phenoxy) is 4. The Morgan fingerprint density at radius 3 is 1.70 bits per heavy atom. The predicted octanol–water partition coefficient (Wildman–Crippen LogP) is 1.86. The zero-order valence-electron chi connectivity index (χ0n) is 23.6. The number of carbonyl (C=O) groups excluding carboxylic acids is 2. The minimum atomic E-state index is -0.742. The van der Waals surface area contributed by atoms with Gasteiger partial charge in [0.05, 0.1) is 14.2 Å². The second-order valence-electron chi connectivity index (χ2n) is 8.52. The van der Waals surface area contributed by atoms with Crippen LogP contribution in [0.4, 0.5) is 0 Å². The van der Waals surface area contributed by atoms with Crippen LogP contribution >= 0.6 is 0 Å². The van der Waals surface area contributed by atoms with Gasteiger partial charge in [-0.25, -0.2) is 0 Å². The number of methoxy groups -OCH3 is 2. The summed E-state index contributed by atoms with van der Waals surface area (Å²) >= 11 is 0. The molecule has 0 unspecified atom stereocenters. The maximum Gasteiger partial charge on any atom is 0.248 e. The maximum atomic E-state index is 11.0. The molecule has 0 spiro atoms. The van der Waals surface area contributed by atoms with Gasteiger partial charge in [0.25, 0.3) is 0 Å². The summed E-state index contributed by atoms with van der Waals surface area (Å²) in [7, 11) is 3.08. The second kappa shape index (κ2) is 18.2. The average molecular weight is 557 g/mol. The van der Waals surface area contributed by atoms with Crippen molar-refractivity contribution in [3.8, 4) is 23.5 Å². The van der Waals surface area contributed by atoms with E-state index < -0.39 is 6.29 Å². The first-order valence-corrected chi connectivity index (χ1v) is 12.9. The molecule has 40 heavy (non-hydrogen) atoms. The number of aromatic nitrogens is 2. The van der Waals surface area contributed by atoms with E-state index >= 15 is 0 Å². The third-order valence-corrected chi connectivity index (χ3v) is 5.30. The zero-order valence-corrected chi connectivity index (χ0v) is 23.6. The van der Waals surface area contributed by atoms with Crippen LogP contribution in [0.25, 0.3) is 0 Å². The van der Waals surface area contributed by atoms with Gasteiger partial charge in [0, 0.05) is 82.8 Å². The number of allylic oxidation sites excluding steroid dienone is 2. The van der Waals surface area contributed by atoms with Gasteiger partial charge in [-0.3, -0.25) is 9.59 Å². The van der Waals surface area contributed by atoms with Crippen molar-refractivity contribution in [3.63, 3.8) is 0 Å². The molecule has 0 bridgehead atoms. The second-order valence-corrected chi connectivity index (χ2v) is 8.52. The molecule has 0 saturated heterocycles. The van der Waals surface area contributed by atoms with Gasteiger partial charge in [-0.1, -0.05) is 24.8 Å². The van der Waals surface area contributed by atoms with E-state index in [1.54, 1.807) is 38.5 Å². The summed E-state index contributed by atoms with van der Waals surface area (Å²) in [5, 5.41) is 11.9. The highest BCUT2D eigenvalue weighted by Crippen LogP contribution is 2.24. The van der Waals surface area contributed by atoms with Crippen LogP contribution in [-0.4, -0.2) is 68.5 Å². The lowest BCUT2D eigenvalue weighted by Crippen LogP contribution is -2.30. The average Bonchev–Trinajstić information content (AvgIpc) is 2.93. The molecule has 12 heteroatoms. The van der Waals surface area contributed by atoms with Gasteiger partial charge in [0.1, 0.15) is 0 Å². The maximum absolute atomic E-state index is 11.0. The van der Waals surface area contributed by atoms with Crippen LogP contribution in [0.2, 0.25) is 0 Å². The lowest BCUT2D eigenvalue weighted by molar-refractivity contribution is -0.119. The number of nitrogens with one attached hydrogen (secondary N) is 4. The number of carbonyl (C=O) groups is 2. The molecule has 4 N–H and O–H groups in total. The monoisotopic (exact) mass is 556 g/mol. The highest BCUT2D eigenvalue weighted by Gasteiger charge is 2.16. The number of hydrogen-bond acceptors (Lipinski definition) is 10. The Bertz CT molecular complexity index is 1050. The van der Waals surface area contributed by atoms with Gasteiger partial charge >= 0.3 is 0 Å². The van der Waals surface area contributed by atoms with Crippen LogP contribution in [-0.2, 0) is 22.7 Å². The Hall–Kier alpha value is -4.16. The van der Waals surface area contributed by atoms with Gasteiger partial charge < -0.3 is 40.2 Å². The van der Waals surface area contributed by atoms with E-state index in [4.69, 9.17) is 18.9 Å². The number of amides is 2. The van der Waals surface area contributed by atoms with E-state index in [0.717, 1.165) is 11.1 Å². The lowest BCUT2D eigenvalue weighted by atomic mass is 10.2. The summed E-state index contributed by atoms with van der Waals surface area (Å²) in [6, 6.07) is 7.20. The molecule has 0 saturated carbocycles. The first-order valence-electron chi connectivity index (χ1n) is 12.9. The van der Waals surface area contributed by atoms with Gasteiger partial charge in [-0.2, -0.15) is 9.97 Å². The van der Waals surface area contributed by atoms with Gasteiger partial charge in [-0.05, 0) is 12.1 Å². The molecule has 2 amide bonds. The van der Waals surface area contributed by atoms with E-state index in [1.165, 1.54) is 13.8 Å². The van der Waals surface area contributed by atoms with Gasteiger partial charge in [0.2, 0.25) is 41.6 Å². The summed E-state index contributed by atoms with van der Waals surface area (Å²) < 4.78 is 23.0. The Balaban J connectivity index is 2.06. The van der Waals surface area contributed by atoms with Crippen LogP contribution in [0.1, 0.15) is 31.4 Å². The molecule has 0 aliphatic heterocycles. The Morgan fingerprint density at radius 2 is 1.30 bits per heavy atom. The molecular formula is C28H40N6O6. The van der Waals surface area contributed by atoms with Crippen molar-refractivity contribution >= 4 is 11.8 Å². The molecule has 2 heterocycles. The lowest BCUT2D eigenvalue weighted by Gasteiger charge is -2.20. The normalized spacial score (nSPS) is 10.8. The van der Waals surface area contributed by atoms with Crippen molar-refractivity contribution < 1.29 is 28.5 Å². The van der Waals surface area contributed by atoms with Crippen molar-refractivity contribution in [1.82, 2.24) is 31.2 Å². The van der Waals surface area contributed by atoms with Crippen LogP contribution < -0.4 is 40.2 Å². The van der Waals surface area contributed by atoms with Gasteiger partial charge in [-0.15, -0.1) is 0 Å². The zero-order chi connectivity index (χ0) is 29.2. The summed E-state index contributed by atoms with van der Waals surface area (Å²) in [4.78, 5) is 31.0. The molecule has 0 atom stereocenters. The standard InChI is InChI=1S/C28H40N6O6/c1-6-7-8-9-26(39-24-12-10-22(27(33-24)37-4)18-29-14-16-31-20(2)35)40-25-13-11-23(28(34-25)38-5)19-30-15-17-32-21(3)36/h6-8,10-13,26,29-30H,1,9,14-19H2,2-5H3,(H,31,35)(H,32,36)/b8-7-. The van der Waals surface area contributed by atoms with E-state index in [9.17, 15) is 9.59 Å². The minimum Gasteiger partial charge on any atom is -0.481 e. The van der Waals surface area contributed by atoms with Crippen LogP contribution in [0, 0.1) is 0 Å². The fourth-order valence-corrected chi connectivity index (χ4v) is 3.43. The molecule has 2 rings (SSSR count). The Labute approximate surface area is 235 Å². The van der Waals surface area contributed by atoms with Crippen molar-refractivity contribution in [2.24, 2.45) is 0 Å². The molecule has 0 radical (unpaired) electrons. The van der Waals surface area contributed by atoms with E-state index in [-0.39, 0.29) is 11.8 Å². The summed E-state index contributed by atoms with van der Waals surface area (Å²) in [6.07, 6.45) is 4.99. The van der Waals surface area contributed by atoms with Crippen LogP contribution in [0.5, 0.6) is 23.5 Å². The number of nitrogens with zero attached hydrogens (tertiary/aromatic N) is 2. The fourth-order valence-electron chi connectivity index (χ4n) is 3.43. The molecule has 2 aromatic rings. The van der Waals surface area contributed by atoms with E-state index in [2.05, 4.69) is 37.8 Å². The highest BCUT2D eigenvalue weighted by atomic mass is 16.7. The minimum absolute atomic E-state index is 0.0703. The number of hydrogen-bond donors (Lipinski definition) is 4. The molecule has 0 fully saturated rings. The summed E-state index contributed by atoms with van der Waals surface area (Å²) in [6.45, 7) is 9.95. The molecule has 2 aromatic heterocycles. The van der Waals surface area contributed by atoms with Crippen LogP contribution in [0.15, 0.2) is 49.1 Å². The molecule has 0 aliphatic carbocycles. The van der Waals surface area contributed by atoms with Crippen LogP contribution in [0.3, 0.4) is 0 Å². The van der Waals surface area contributed by atoms with E-state index in [0.29, 0.717) is 69.2 Å². The SMILES string of the molecule is C=C/C=C\CC(Oc1ccc(CNCCNC(C)=O)c(OC)n1)Oc1ccc(CNCCNC(C)=O)c(OC)n1. The Morgan fingerprint density at radius 1 is 0.825 bits per heavy atom. The Kier molecular flexibility index (Phi) is 14.6. The van der Waals surface area contributed by atoms with Crippen molar-refractivity contribution in [2.75, 3.05) is 40.4 Å². The highest BCUT2D eigenvalue weighted by molar-refractivity contribution is 5.73. The van der Waals surface area contributed by atoms with Crippen molar-refractivity contribution in [1.29, 1.82) is 0 Å². The fraction of sp³-hybridized carbons (Fsp3) is 0.429. The van der Waals surface area contributed by atoms with Crippen molar-refractivity contribution in [2.45, 2.75) is 39.6 Å². The topological polar surface area (TPSA) is 145 Å². The summed E-state index contributed by atoms with van der Waals surface area (Å²) in [5.41, 5.74) is 1.68. The molecule has 218 valence electrons. The summed E-state index contributed by atoms with van der Waals surface area (Å²) in [5.74, 6) is 1.34. The quantitative estimate of drug-likeness (QED) is 0.115. The third-order valence-electron chi connectivity index (χ3n) is 5.30.